The first-order valence-electron chi connectivity index (χ1n) is 7.00. The second kappa shape index (κ2) is 5.96. The number of anilines is 2. The smallest absolute Gasteiger partial charge is 0.153 e. The Morgan fingerprint density at radius 3 is 2.77 bits per heavy atom. The predicted octanol–water partition coefficient (Wildman–Crippen LogP) is 1.40. The van der Waals surface area contributed by atoms with Crippen LogP contribution in [0.5, 0.6) is 0 Å². The van der Waals surface area contributed by atoms with E-state index in [1.165, 1.54) is 6.07 Å². The molecule has 0 atom stereocenters. The predicted molar refractivity (Wildman–Crippen MR) is 83.2 cm³/mol. The standard InChI is InChI=1S/C14H17FN4O2S/c15-12-2-1-11(18-10-14-16-3-4-17-14)9-13(12)19-5-7-22(20,21)8-6-19/h1-4,9,18H,5-8,10H2,(H,16,17). The fourth-order valence-electron chi connectivity index (χ4n) is 2.40. The van der Waals surface area contributed by atoms with Crippen LogP contribution < -0.4 is 10.2 Å². The summed E-state index contributed by atoms with van der Waals surface area (Å²) >= 11 is 0. The van der Waals surface area contributed by atoms with Gasteiger partial charge in [-0.15, -0.1) is 0 Å². The molecule has 0 saturated carbocycles. The van der Waals surface area contributed by atoms with E-state index in [4.69, 9.17) is 0 Å². The van der Waals surface area contributed by atoms with Crippen LogP contribution >= 0.6 is 0 Å². The number of hydrogen-bond acceptors (Lipinski definition) is 5. The lowest BCUT2D eigenvalue weighted by atomic mass is 10.2. The molecular weight excluding hydrogens is 307 g/mol. The largest absolute Gasteiger partial charge is 0.378 e. The zero-order valence-corrected chi connectivity index (χ0v) is 12.7. The van der Waals surface area contributed by atoms with Crippen molar-refractivity contribution in [3.05, 3.63) is 42.2 Å². The zero-order chi connectivity index (χ0) is 15.6. The Kier molecular flexibility index (Phi) is 4.02. The first kappa shape index (κ1) is 14.8. The molecule has 0 bridgehead atoms. The number of H-pyrrole nitrogens is 1. The van der Waals surface area contributed by atoms with Crippen LogP contribution in [-0.2, 0) is 16.4 Å². The summed E-state index contributed by atoms with van der Waals surface area (Å²) in [6.45, 7) is 1.15. The topological polar surface area (TPSA) is 78.1 Å². The van der Waals surface area contributed by atoms with Gasteiger partial charge in [-0.05, 0) is 18.2 Å². The molecule has 0 aliphatic carbocycles. The van der Waals surface area contributed by atoms with E-state index < -0.39 is 9.84 Å². The van der Waals surface area contributed by atoms with Gasteiger partial charge in [0.05, 0.1) is 23.7 Å². The molecule has 1 aliphatic heterocycles. The number of hydrogen-bond donors (Lipinski definition) is 2. The summed E-state index contributed by atoms with van der Waals surface area (Å²) < 4.78 is 37.0. The molecule has 1 aliphatic rings. The highest BCUT2D eigenvalue weighted by molar-refractivity contribution is 7.91. The average Bonchev–Trinajstić information content (AvgIpc) is 3.00. The number of aromatic nitrogens is 2. The van der Waals surface area contributed by atoms with Crippen LogP contribution in [0.25, 0.3) is 0 Å². The van der Waals surface area contributed by atoms with Gasteiger partial charge >= 0.3 is 0 Å². The van der Waals surface area contributed by atoms with Gasteiger partial charge in [0, 0.05) is 31.2 Å². The van der Waals surface area contributed by atoms with Crippen LogP contribution in [0, 0.1) is 5.82 Å². The van der Waals surface area contributed by atoms with Gasteiger partial charge in [-0.25, -0.2) is 17.8 Å². The van der Waals surface area contributed by atoms with E-state index in [1.807, 2.05) is 0 Å². The van der Waals surface area contributed by atoms with Gasteiger partial charge in [0.2, 0.25) is 0 Å². The first-order chi connectivity index (χ1) is 10.5. The molecule has 0 radical (unpaired) electrons. The molecule has 2 heterocycles. The van der Waals surface area contributed by atoms with Crippen LogP contribution in [-0.4, -0.2) is 43.0 Å². The van der Waals surface area contributed by atoms with Gasteiger partial charge in [0.15, 0.2) is 9.84 Å². The molecule has 0 spiro atoms. The van der Waals surface area contributed by atoms with Crippen LogP contribution in [0.1, 0.15) is 5.82 Å². The number of benzene rings is 1. The third kappa shape index (κ3) is 3.38. The van der Waals surface area contributed by atoms with E-state index in [9.17, 15) is 12.8 Å². The second-order valence-corrected chi connectivity index (χ2v) is 7.50. The molecular formula is C14H17FN4O2S. The second-order valence-electron chi connectivity index (χ2n) is 5.19. The summed E-state index contributed by atoms with van der Waals surface area (Å²) in [5.74, 6) is 0.574. The number of halogens is 1. The maximum atomic E-state index is 14.0. The van der Waals surface area contributed by atoms with E-state index in [0.29, 0.717) is 25.3 Å². The van der Waals surface area contributed by atoms with Crippen molar-refractivity contribution in [2.75, 3.05) is 34.8 Å². The van der Waals surface area contributed by atoms with Crippen molar-refractivity contribution in [2.45, 2.75) is 6.54 Å². The molecule has 0 amide bonds. The number of nitrogens with one attached hydrogen (secondary N) is 2. The fourth-order valence-corrected chi connectivity index (χ4v) is 3.60. The van der Waals surface area contributed by atoms with Gasteiger partial charge in [0.25, 0.3) is 0 Å². The number of nitrogens with zero attached hydrogens (tertiary/aromatic N) is 2. The van der Waals surface area contributed by atoms with Crippen molar-refractivity contribution in [2.24, 2.45) is 0 Å². The minimum Gasteiger partial charge on any atom is -0.378 e. The highest BCUT2D eigenvalue weighted by Crippen LogP contribution is 2.25. The third-order valence-corrected chi connectivity index (χ3v) is 5.26. The normalized spacial score (nSPS) is 17.4. The molecule has 6 nitrogen and oxygen atoms in total. The van der Waals surface area contributed by atoms with Crippen LogP contribution in [0.15, 0.2) is 30.6 Å². The minimum absolute atomic E-state index is 0.0660. The Labute approximate surface area is 128 Å². The summed E-state index contributed by atoms with van der Waals surface area (Å²) in [4.78, 5) is 8.86. The van der Waals surface area contributed by atoms with Crippen LogP contribution in [0.4, 0.5) is 15.8 Å². The lowest BCUT2D eigenvalue weighted by Gasteiger charge is -2.29. The van der Waals surface area contributed by atoms with E-state index in [-0.39, 0.29) is 17.3 Å². The first-order valence-corrected chi connectivity index (χ1v) is 8.83. The van der Waals surface area contributed by atoms with Crippen molar-refractivity contribution in [1.82, 2.24) is 9.97 Å². The summed E-state index contributed by atoms with van der Waals surface area (Å²) in [5.41, 5.74) is 1.19. The molecule has 22 heavy (non-hydrogen) atoms. The lowest BCUT2D eigenvalue weighted by molar-refractivity contribution is 0.582. The number of imidazole rings is 1. The van der Waals surface area contributed by atoms with Gasteiger partial charge < -0.3 is 15.2 Å². The van der Waals surface area contributed by atoms with Gasteiger partial charge in [-0.2, -0.15) is 0 Å². The number of sulfone groups is 1. The number of rotatable bonds is 4. The third-order valence-electron chi connectivity index (χ3n) is 3.65. The summed E-state index contributed by atoms with van der Waals surface area (Å²) in [6.07, 6.45) is 3.41. The monoisotopic (exact) mass is 324 g/mol. The highest BCUT2D eigenvalue weighted by Gasteiger charge is 2.23. The van der Waals surface area contributed by atoms with Crippen LogP contribution in [0.3, 0.4) is 0 Å². The van der Waals surface area contributed by atoms with E-state index in [0.717, 1.165) is 11.5 Å². The van der Waals surface area contributed by atoms with Crippen molar-refractivity contribution >= 4 is 21.2 Å². The molecule has 0 unspecified atom stereocenters. The average molecular weight is 324 g/mol. The Morgan fingerprint density at radius 2 is 2.09 bits per heavy atom. The fraction of sp³-hybridized carbons (Fsp3) is 0.357. The molecule has 118 valence electrons. The number of aromatic amines is 1. The molecule has 2 N–H and O–H groups in total. The Hall–Kier alpha value is -2.09. The van der Waals surface area contributed by atoms with E-state index in [2.05, 4.69) is 15.3 Å². The summed E-state index contributed by atoms with van der Waals surface area (Å²) in [7, 11) is -2.98. The SMILES string of the molecule is O=S1(=O)CCN(c2cc(NCc3ncc[nH]3)ccc2F)CC1. The van der Waals surface area contributed by atoms with Crippen molar-refractivity contribution in [3.63, 3.8) is 0 Å². The van der Waals surface area contributed by atoms with Gasteiger partial charge in [-0.3, -0.25) is 0 Å². The maximum Gasteiger partial charge on any atom is 0.153 e. The molecule has 2 aromatic rings. The van der Waals surface area contributed by atoms with Crippen molar-refractivity contribution in [3.8, 4) is 0 Å². The zero-order valence-electron chi connectivity index (χ0n) is 11.9. The van der Waals surface area contributed by atoms with E-state index in [1.54, 1.807) is 29.4 Å². The van der Waals surface area contributed by atoms with E-state index >= 15 is 0 Å². The van der Waals surface area contributed by atoms with Gasteiger partial charge in [-0.1, -0.05) is 0 Å². The molecule has 1 fully saturated rings. The molecule has 8 heteroatoms. The lowest BCUT2D eigenvalue weighted by Crippen LogP contribution is -2.40. The molecule has 1 saturated heterocycles. The van der Waals surface area contributed by atoms with Gasteiger partial charge in [0.1, 0.15) is 11.6 Å². The quantitative estimate of drug-likeness (QED) is 0.889. The Morgan fingerprint density at radius 1 is 1.32 bits per heavy atom. The minimum atomic E-state index is -2.98. The van der Waals surface area contributed by atoms with Crippen molar-refractivity contribution in [1.29, 1.82) is 0 Å². The Balaban J connectivity index is 1.72. The van der Waals surface area contributed by atoms with Crippen molar-refractivity contribution < 1.29 is 12.8 Å². The summed E-state index contributed by atoms with van der Waals surface area (Å²) in [6, 6.07) is 4.75. The summed E-state index contributed by atoms with van der Waals surface area (Å²) in [5, 5.41) is 3.16. The molecule has 1 aromatic carbocycles. The Bertz CT molecular complexity index is 732. The van der Waals surface area contributed by atoms with Crippen LogP contribution in [0.2, 0.25) is 0 Å². The highest BCUT2D eigenvalue weighted by atomic mass is 32.2. The maximum absolute atomic E-state index is 14.0. The molecule has 1 aromatic heterocycles. The molecule has 3 rings (SSSR count).